The summed E-state index contributed by atoms with van der Waals surface area (Å²) in [6.45, 7) is 2.66. The molecule has 31 heavy (non-hydrogen) atoms. The fourth-order valence-electron chi connectivity index (χ4n) is 4.28. The predicted molar refractivity (Wildman–Crippen MR) is 119 cm³/mol. The second-order valence-electron chi connectivity index (χ2n) is 8.44. The number of aromatic nitrogens is 7. The van der Waals surface area contributed by atoms with Crippen LogP contribution in [0.25, 0.3) is 33.2 Å². The molecule has 1 aromatic carbocycles. The van der Waals surface area contributed by atoms with Crippen molar-refractivity contribution < 1.29 is 0 Å². The van der Waals surface area contributed by atoms with E-state index in [2.05, 4.69) is 60.1 Å². The normalized spacial score (nSPS) is 14.5. The second-order valence-corrected chi connectivity index (χ2v) is 8.44. The molecule has 1 fully saturated rings. The third kappa shape index (κ3) is 3.59. The summed E-state index contributed by atoms with van der Waals surface area (Å²) in [5.74, 6) is 0.874. The van der Waals surface area contributed by atoms with Crippen LogP contribution in [0, 0.1) is 5.92 Å². The standard InChI is InChI=1S/C23H24N8/c1-2-15(3-1)10-24-11-18-9-17-5-4-16(8-21(17)27-18)13-31-14-22(29-30-31)23-19-12-26-28-20(19)6-7-25-23/h4-9,12,14-15,24,27H,1-3,10-11,13H2,(H,26,28). The van der Waals surface area contributed by atoms with Crippen molar-refractivity contribution >= 4 is 21.8 Å². The van der Waals surface area contributed by atoms with Gasteiger partial charge in [0.15, 0.2) is 0 Å². The molecule has 0 unspecified atom stereocenters. The average Bonchev–Trinajstić information content (AvgIpc) is 3.48. The molecule has 1 saturated carbocycles. The topological polar surface area (TPSA) is 100 Å². The Morgan fingerprint density at radius 2 is 2.10 bits per heavy atom. The smallest absolute Gasteiger partial charge is 0.132 e. The second kappa shape index (κ2) is 7.63. The highest BCUT2D eigenvalue weighted by atomic mass is 15.4. The highest BCUT2D eigenvalue weighted by molar-refractivity contribution is 5.90. The zero-order valence-electron chi connectivity index (χ0n) is 17.2. The Morgan fingerprint density at radius 3 is 3.00 bits per heavy atom. The molecular weight excluding hydrogens is 388 g/mol. The number of aromatic amines is 2. The highest BCUT2D eigenvalue weighted by Crippen LogP contribution is 2.26. The number of benzene rings is 1. The fraction of sp³-hybridized carbons (Fsp3) is 0.304. The molecule has 6 rings (SSSR count). The van der Waals surface area contributed by atoms with Gasteiger partial charge in [0.05, 0.1) is 24.5 Å². The van der Waals surface area contributed by atoms with Crippen molar-refractivity contribution in [2.75, 3.05) is 6.54 Å². The molecule has 3 N–H and O–H groups in total. The minimum absolute atomic E-state index is 0.651. The van der Waals surface area contributed by atoms with Crippen molar-refractivity contribution in [1.29, 1.82) is 0 Å². The van der Waals surface area contributed by atoms with E-state index in [-0.39, 0.29) is 0 Å². The van der Waals surface area contributed by atoms with Crippen LogP contribution in [0.3, 0.4) is 0 Å². The maximum absolute atomic E-state index is 4.47. The number of rotatable bonds is 7. The molecule has 0 spiro atoms. The number of fused-ring (bicyclic) bond motifs is 2. The van der Waals surface area contributed by atoms with E-state index in [1.807, 2.05) is 16.9 Å². The minimum atomic E-state index is 0.651. The number of nitrogens with zero attached hydrogens (tertiary/aromatic N) is 5. The lowest BCUT2D eigenvalue weighted by atomic mass is 9.85. The molecular formula is C23H24N8. The van der Waals surface area contributed by atoms with Crippen molar-refractivity contribution in [1.82, 2.24) is 40.5 Å². The quantitative estimate of drug-likeness (QED) is 0.379. The molecule has 0 saturated heterocycles. The van der Waals surface area contributed by atoms with Gasteiger partial charge >= 0.3 is 0 Å². The van der Waals surface area contributed by atoms with Crippen LogP contribution in [0.1, 0.15) is 30.5 Å². The van der Waals surface area contributed by atoms with Gasteiger partial charge in [-0.2, -0.15) is 5.10 Å². The molecule has 1 aliphatic rings. The van der Waals surface area contributed by atoms with Crippen LogP contribution in [0.4, 0.5) is 0 Å². The molecule has 8 nitrogen and oxygen atoms in total. The van der Waals surface area contributed by atoms with Gasteiger partial charge in [-0.15, -0.1) is 5.10 Å². The Hall–Kier alpha value is -3.52. The van der Waals surface area contributed by atoms with Gasteiger partial charge in [-0.25, -0.2) is 4.68 Å². The Balaban J connectivity index is 1.17. The zero-order valence-corrected chi connectivity index (χ0v) is 17.2. The molecule has 4 heterocycles. The van der Waals surface area contributed by atoms with E-state index in [9.17, 15) is 0 Å². The van der Waals surface area contributed by atoms with E-state index in [0.29, 0.717) is 6.54 Å². The molecule has 0 amide bonds. The zero-order chi connectivity index (χ0) is 20.6. The molecule has 8 heteroatoms. The average molecular weight is 413 g/mol. The molecule has 0 aliphatic heterocycles. The van der Waals surface area contributed by atoms with Crippen LogP contribution in [0.15, 0.2) is 48.9 Å². The van der Waals surface area contributed by atoms with Crippen molar-refractivity contribution in [3.8, 4) is 11.4 Å². The first-order valence-corrected chi connectivity index (χ1v) is 10.8. The third-order valence-corrected chi connectivity index (χ3v) is 6.21. The lowest BCUT2D eigenvalue weighted by Gasteiger charge is -2.25. The number of pyridine rings is 1. The molecule has 1 aliphatic carbocycles. The molecule has 0 bridgehead atoms. The van der Waals surface area contributed by atoms with E-state index in [1.165, 1.54) is 35.9 Å². The molecule has 0 radical (unpaired) electrons. The van der Waals surface area contributed by atoms with Crippen LogP contribution in [0.2, 0.25) is 0 Å². The summed E-state index contributed by atoms with van der Waals surface area (Å²) in [6, 6.07) is 10.7. The Kier molecular flexibility index (Phi) is 4.49. The summed E-state index contributed by atoms with van der Waals surface area (Å²) in [7, 11) is 0. The van der Waals surface area contributed by atoms with Gasteiger partial charge in [-0.05, 0) is 54.5 Å². The number of nitrogens with one attached hydrogen (secondary N) is 3. The first-order chi connectivity index (χ1) is 15.3. The van der Waals surface area contributed by atoms with Crippen molar-refractivity contribution in [2.45, 2.75) is 32.4 Å². The lowest BCUT2D eigenvalue weighted by molar-refractivity contribution is 0.301. The Bertz CT molecular complexity index is 1340. The van der Waals surface area contributed by atoms with Crippen LogP contribution < -0.4 is 5.32 Å². The maximum atomic E-state index is 4.47. The summed E-state index contributed by atoms with van der Waals surface area (Å²) in [5.41, 5.74) is 6.03. The highest BCUT2D eigenvalue weighted by Gasteiger charge is 2.16. The monoisotopic (exact) mass is 412 g/mol. The fourth-order valence-corrected chi connectivity index (χ4v) is 4.28. The predicted octanol–water partition coefficient (Wildman–Crippen LogP) is 3.64. The van der Waals surface area contributed by atoms with Gasteiger partial charge in [-0.3, -0.25) is 10.1 Å². The van der Waals surface area contributed by atoms with Gasteiger partial charge in [0.2, 0.25) is 0 Å². The first-order valence-electron chi connectivity index (χ1n) is 10.8. The lowest BCUT2D eigenvalue weighted by Crippen LogP contribution is -2.26. The maximum Gasteiger partial charge on any atom is 0.132 e. The third-order valence-electron chi connectivity index (χ3n) is 6.21. The number of hydrogen-bond acceptors (Lipinski definition) is 5. The van der Waals surface area contributed by atoms with E-state index in [0.717, 1.165) is 46.8 Å². The van der Waals surface area contributed by atoms with Crippen molar-refractivity contribution in [2.24, 2.45) is 5.92 Å². The van der Waals surface area contributed by atoms with Gasteiger partial charge in [0, 0.05) is 29.3 Å². The summed E-state index contributed by atoms with van der Waals surface area (Å²) >= 11 is 0. The minimum Gasteiger partial charge on any atom is -0.357 e. The Labute approximate surface area is 179 Å². The van der Waals surface area contributed by atoms with Gasteiger partial charge in [-0.1, -0.05) is 23.8 Å². The van der Waals surface area contributed by atoms with Crippen LogP contribution >= 0.6 is 0 Å². The molecule has 5 aromatic rings. The summed E-state index contributed by atoms with van der Waals surface area (Å²) < 4.78 is 1.85. The summed E-state index contributed by atoms with van der Waals surface area (Å²) in [6.07, 6.45) is 9.61. The van der Waals surface area contributed by atoms with Gasteiger partial charge in [0.25, 0.3) is 0 Å². The molecule has 0 atom stereocenters. The summed E-state index contributed by atoms with van der Waals surface area (Å²) in [4.78, 5) is 8.02. The van der Waals surface area contributed by atoms with Crippen LogP contribution in [0.5, 0.6) is 0 Å². The van der Waals surface area contributed by atoms with Gasteiger partial charge < -0.3 is 10.3 Å². The molecule has 156 valence electrons. The Morgan fingerprint density at radius 1 is 1.13 bits per heavy atom. The van der Waals surface area contributed by atoms with Crippen LogP contribution in [-0.2, 0) is 13.1 Å². The molecule has 4 aromatic heterocycles. The van der Waals surface area contributed by atoms with E-state index in [1.54, 1.807) is 12.4 Å². The van der Waals surface area contributed by atoms with Crippen LogP contribution in [-0.4, -0.2) is 41.7 Å². The van der Waals surface area contributed by atoms with E-state index >= 15 is 0 Å². The number of hydrogen-bond donors (Lipinski definition) is 3. The van der Waals surface area contributed by atoms with Gasteiger partial charge in [0.1, 0.15) is 11.4 Å². The SMILES string of the molecule is c1cc2[nH]ncc2c(-c2cn(Cc3ccc4cc(CNCC5CCC5)[nH]c4c3)nn2)n1. The van der Waals surface area contributed by atoms with Crippen molar-refractivity contribution in [3.05, 3.63) is 60.2 Å². The summed E-state index contributed by atoms with van der Waals surface area (Å²) in [5, 5.41) is 21.5. The first kappa shape index (κ1) is 18.3. The number of H-pyrrole nitrogens is 2. The van der Waals surface area contributed by atoms with Crippen molar-refractivity contribution in [3.63, 3.8) is 0 Å². The van der Waals surface area contributed by atoms with E-state index < -0.39 is 0 Å². The largest absolute Gasteiger partial charge is 0.357 e. The van der Waals surface area contributed by atoms with E-state index in [4.69, 9.17) is 0 Å².